The number of hydrogen-bond acceptors (Lipinski definition) is 5. The Bertz CT molecular complexity index is 771. The third-order valence-electron chi connectivity index (χ3n) is 3.55. The van der Waals surface area contributed by atoms with Gasteiger partial charge in [-0.05, 0) is 43.3 Å². The lowest BCUT2D eigenvalue weighted by molar-refractivity contribution is 0.0942. The number of carbonyl (C=O) groups is 1. The normalized spacial score (nSPS) is 10.4. The Hall–Kier alpha value is -3.15. The van der Waals surface area contributed by atoms with E-state index in [4.69, 9.17) is 4.42 Å². The molecule has 6 nitrogen and oxygen atoms in total. The fourth-order valence-corrected chi connectivity index (χ4v) is 2.35. The Kier molecular flexibility index (Phi) is 4.86. The van der Waals surface area contributed by atoms with Gasteiger partial charge >= 0.3 is 0 Å². The number of para-hydroxylation sites is 1. The van der Waals surface area contributed by atoms with Crippen molar-refractivity contribution in [2.24, 2.45) is 0 Å². The molecule has 3 rings (SSSR count). The molecule has 1 N–H and O–H groups in total. The molecule has 0 radical (unpaired) electrons. The number of amides is 1. The zero-order chi connectivity index (χ0) is 16.8. The molecule has 3 aromatic rings. The van der Waals surface area contributed by atoms with Crippen LogP contribution >= 0.6 is 0 Å². The van der Waals surface area contributed by atoms with Gasteiger partial charge in [-0.2, -0.15) is 0 Å². The molecule has 0 aliphatic rings. The lowest BCUT2D eigenvalue weighted by Gasteiger charge is -2.21. The van der Waals surface area contributed by atoms with Crippen LogP contribution in [0.2, 0.25) is 0 Å². The van der Waals surface area contributed by atoms with Crippen LogP contribution in [0.4, 0.5) is 11.5 Å². The Balaban J connectivity index is 1.69. The van der Waals surface area contributed by atoms with Crippen LogP contribution in [0, 0.1) is 0 Å². The van der Waals surface area contributed by atoms with Crippen LogP contribution in [-0.4, -0.2) is 22.6 Å². The SMILES string of the molecule is CCN(c1ccccc1)c1ccc(C(=O)NCc2ccco2)nn1. The predicted octanol–water partition coefficient (Wildman–Crippen LogP) is 3.16. The molecule has 0 aliphatic heterocycles. The van der Waals surface area contributed by atoms with Crippen molar-refractivity contribution in [2.45, 2.75) is 13.5 Å². The molecule has 0 bridgehead atoms. The molecule has 0 saturated heterocycles. The number of carbonyl (C=O) groups excluding carboxylic acids is 1. The van der Waals surface area contributed by atoms with Crippen molar-refractivity contribution in [1.29, 1.82) is 0 Å². The van der Waals surface area contributed by atoms with E-state index in [9.17, 15) is 4.79 Å². The van der Waals surface area contributed by atoms with E-state index in [1.165, 1.54) is 0 Å². The molecule has 2 aromatic heterocycles. The highest BCUT2D eigenvalue weighted by Crippen LogP contribution is 2.22. The lowest BCUT2D eigenvalue weighted by atomic mass is 10.2. The second-order valence-corrected chi connectivity index (χ2v) is 5.12. The van der Waals surface area contributed by atoms with Crippen LogP contribution in [0.1, 0.15) is 23.2 Å². The van der Waals surface area contributed by atoms with Crippen LogP contribution in [0.25, 0.3) is 0 Å². The third kappa shape index (κ3) is 3.60. The van der Waals surface area contributed by atoms with Crippen LogP contribution in [-0.2, 0) is 6.54 Å². The van der Waals surface area contributed by atoms with Crippen LogP contribution in [0.3, 0.4) is 0 Å². The average Bonchev–Trinajstić information content (AvgIpc) is 3.15. The Morgan fingerprint density at radius 2 is 1.92 bits per heavy atom. The van der Waals surface area contributed by atoms with Gasteiger partial charge in [-0.15, -0.1) is 10.2 Å². The van der Waals surface area contributed by atoms with Crippen LogP contribution in [0.5, 0.6) is 0 Å². The first kappa shape index (κ1) is 15.7. The molecule has 122 valence electrons. The van der Waals surface area contributed by atoms with Gasteiger partial charge in [0.05, 0.1) is 12.8 Å². The fourth-order valence-electron chi connectivity index (χ4n) is 2.35. The van der Waals surface area contributed by atoms with Crippen molar-refractivity contribution in [3.63, 3.8) is 0 Å². The maximum Gasteiger partial charge on any atom is 0.272 e. The molecule has 1 aromatic carbocycles. The summed E-state index contributed by atoms with van der Waals surface area (Å²) in [6.07, 6.45) is 1.57. The van der Waals surface area contributed by atoms with Gasteiger partial charge in [0.2, 0.25) is 0 Å². The molecule has 0 saturated carbocycles. The van der Waals surface area contributed by atoms with Gasteiger partial charge in [0.15, 0.2) is 11.5 Å². The number of anilines is 2. The molecule has 2 heterocycles. The number of aromatic nitrogens is 2. The Morgan fingerprint density at radius 1 is 1.08 bits per heavy atom. The summed E-state index contributed by atoms with van der Waals surface area (Å²) in [5.74, 6) is 1.11. The zero-order valence-corrected chi connectivity index (χ0v) is 13.3. The summed E-state index contributed by atoms with van der Waals surface area (Å²) in [5.41, 5.74) is 1.30. The summed E-state index contributed by atoms with van der Waals surface area (Å²) in [4.78, 5) is 14.1. The molecule has 0 fully saturated rings. The first-order valence-corrected chi connectivity index (χ1v) is 7.75. The second kappa shape index (κ2) is 7.41. The van der Waals surface area contributed by atoms with Gasteiger partial charge in [0, 0.05) is 12.2 Å². The Morgan fingerprint density at radius 3 is 2.54 bits per heavy atom. The predicted molar refractivity (Wildman–Crippen MR) is 91.0 cm³/mol. The molecule has 6 heteroatoms. The summed E-state index contributed by atoms with van der Waals surface area (Å²) < 4.78 is 5.18. The molecule has 24 heavy (non-hydrogen) atoms. The second-order valence-electron chi connectivity index (χ2n) is 5.12. The molecule has 0 aliphatic carbocycles. The van der Waals surface area contributed by atoms with Gasteiger partial charge in [0.1, 0.15) is 5.76 Å². The zero-order valence-electron chi connectivity index (χ0n) is 13.3. The van der Waals surface area contributed by atoms with E-state index in [2.05, 4.69) is 15.5 Å². The number of hydrogen-bond donors (Lipinski definition) is 1. The van der Waals surface area contributed by atoms with Gasteiger partial charge in [-0.25, -0.2) is 0 Å². The first-order chi connectivity index (χ1) is 11.8. The molecule has 0 atom stereocenters. The third-order valence-corrected chi connectivity index (χ3v) is 3.55. The molecular weight excluding hydrogens is 304 g/mol. The number of nitrogens with one attached hydrogen (secondary N) is 1. The topological polar surface area (TPSA) is 71.3 Å². The smallest absolute Gasteiger partial charge is 0.272 e. The number of benzene rings is 1. The quantitative estimate of drug-likeness (QED) is 0.755. The Labute approximate surface area is 140 Å². The molecule has 1 amide bonds. The van der Waals surface area contributed by atoms with Crippen molar-refractivity contribution >= 4 is 17.4 Å². The molecular formula is C18H18N4O2. The monoisotopic (exact) mass is 322 g/mol. The average molecular weight is 322 g/mol. The number of rotatable bonds is 6. The van der Waals surface area contributed by atoms with E-state index in [1.54, 1.807) is 30.5 Å². The van der Waals surface area contributed by atoms with E-state index < -0.39 is 0 Å². The summed E-state index contributed by atoms with van der Waals surface area (Å²) in [5, 5.41) is 11.0. The summed E-state index contributed by atoms with van der Waals surface area (Å²) >= 11 is 0. The molecule has 0 spiro atoms. The highest BCUT2D eigenvalue weighted by molar-refractivity contribution is 5.92. The van der Waals surface area contributed by atoms with E-state index in [1.807, 2.05) is 42.2 Å². The minimum Gasteiger partial charge on any atom is -0.467 e. The van der Waals surface area contributed by atoms with Crippen molar-refractivity contribution < 1.29 is 9.21 Å². The van der Waals surface area contributed by atoms with Gasteiger partial charge in [-0.1, -0.05) is 18.2 Å². The maximum absolute atomic E-state index is 12.1. The summed E-state index contributed by atoms with van der Waals surface area (Å²) in [6.45, 7) is 3.11. The maximum atomic E-state index is 12.1. The van der Waals surface area contributed by atoms with E-state index >= 15 is 0 Å². The largest absolute Gasteiger partial charge is 0.467 e. The summed E-state index contributed by atoms with van der Waals surface area (Å²) in [6, 6.07) is 17.0. The minimum atomic E-state index is -0.284. The van der Waals surface area contributed by atoms with Gasteiger partial charge < -0.3 is 14.6 Å². The van der Waals surface area contributed by atoms with Gasteiger partial charge in [-0.3, -0.25) is 4.79 Å². The first-order valence-electron chi connectivity index (χ1n) is 7.75. The highest BCUT2D eigenvalue weighted by atomic mass is 16.3. The highest BCUT2D eigenvalue weighted by Gasteiger charge is 2.12. The number of nitrogens with zero attached hydrogens (tertiary/aromatic N) is 3. The van der Waals surface area contributed by atoms with Gasteiger partial charge in [0.25, 0.3) is 5.91 Å². The van der Waals surface area contributed by atoms with E-state index in [-0.39, 0.29) is 11.6 Å². The van der Waals surface area contributed by atoms with Crippen molar-refractivity contribution in [3.8, 4) is 0 Å². The van der Waals surface area contributed by atoms with E-state index in [0.29, 0.717) is 18.1 Å². The van der Waals surface area contributed by atoms with Crippen molar-refractivity contribution in [1.82, 2.24) is 15.5 Å². The van der Waals surface area contributed by atoms with Crippen molar-refractivity contribution in [3.05, 3.63) is 72.3 Å². The lowest BCUT2D eigenvalue weighted by Crippen LogP contribution is -2.24. The fraction of sp³-hybridized carbons (Fsp3) is 0.167. The minimum absolute atomic E-state index is 0.273. The van der Waals surface area contributed by atoms with E-state index in [0.717, 1.165) is 12.2 Å². The standard InChI is InChI=1S/C18H18N4O2/c1-2-22(14-7-4-3-5-8-14)17-11-10-16(20-21-17)18(23)19-13-15-9-6-12-24-15/h3-12H,2,13H2,1H3,(H,19,23). The van der Waals surface area contributed by atoms with Crippen LogP contribution in [0.15, 0.2) is 65.3 Å². The van der Waals surface area contributed by atoms with Crippen LogP contribution < -0.4 is 10.2 Å². The summed E-state index contributed by atoms with van der Waals surface area (Å²) in [7, 11) is 0. The van der Waals surface area contributed by atoms with Crippen molar-refractivity contribution in [2.75, 3.05) is 11.4 Å². The molecule has 0 unspecified atom stereocenters. The number of furan rings is 1.